The molecular weight excluding hydrogens is 262 g/mol. The van der Waals surface area contributed by atoms with Gasteiger partial charge in [-0.1, -0.05) is 25.4 Å². The molecule has 2 rings (SSSR count). The smallest absolute Gasteiger partial charge is 0.257 e. The van der Waals surface area contributed by atoms with E-state index in [0.29, 0.717) is 22.5 Å². The van der Waals surface area contributed by atoms with Gasteiger partial charge in [0.15, 0.2) is 0 Å². The Kier molecular flexibility index (Phi) is 4.64. The first-order valence-corrected chi connectivity index (χ1v) is 7.15. The van der Waals surface area contributed by atoms with E-state index in [1.807, 2.05) is 4.90 Å². The van der Waals surface area contributed by atoms with Gasteiger partial charge < -0.3 is 10.2 Å². The van der Waals surface area contributed by atoms with Crippen molar-refractivity contribution in [2.75, 3.05) is 25.0 Å². The van der Waals surface area contributed by atoms with Crippen molar-refractivity contribution in [2.24, 2.45) is 5.92 Å². The Morgan fingerprint density at radius 3 is 2.74 bits per heavy atom. The van der Waals surface area contributed by atoms with Crippen LogP contribution in [0.2, 0.25) is 5.15 Å². The van der Waals surface area contributed by atoms with Crippen LogP contribution in [0.15, 0.2) is 12.1 Å². The minimum atomic E-state index is 0.0490. The average molecular weight is 282 g/mol. The Balaban J connectivity index is 2.20. The Labute approximate surface area is 119 Å². The molecule has 0 aliphatic carbocycles. The summed E-state index contributed by atoms with van der Waals surface area (Å²) < 4.78 is 0. The number of likely N-dealkylation sites (tertiary alicyclic amines) is 1. The number of anilines is 1. The standard InChI is InChI=1S/C14H20ClN3O/c1-10(2)9-16-13-11(5-6-12(15)17-13)14(19)18-7-3-4-8-18/h5-6,10H,3-4,7-9H2,1-2H3,(H,16,17). The molecule has 104 valence electrons. The maximum atomic E-state index is 12.4. The van der Waals surface area contributed by atoms with E-state index in [0.717, 1.165) is 32.5 Å². The molecule has 0 bridgehead atoms. The van der Waals surface area contributed by atoms with Crippen LogP contribution in [0.4, 0.5) is 5.82 Å². The number of nitrogens with one attached hydrogen (secondary N) is 1. The fraction of sp³-hybridized carbons (Fsp3) is 0.571. The summed E-state index contributed by atoms with van der Waals surface area (Å²) in [6.45, 7) is 6.67. The van der Waals surface area contributed by atoms with Gasteiger partial charge in [0, 0.05) is 19.6 Å². The van der Waals surface area contributed by atoms with Gasteiger partial charge in [0.1, 0.15) is 11.0 Å². The number of hydrogen-bond donors (Lipinski definition) is 1. The number of carbonyl (C=O) groups excluding carboxylic acids is 1. The second-order valence-electron chi connectivity index (χ2n) is 5.30. The highest BCUT2D eigenvalue weighted by atomic mass is 35.5. The summed E-state index contributed by atoms with van der Waals surface area (Å²) in [6.07, 6.45) is 2.17. The van der Waals surface area contributed by atoms with Crippen molar-refractivity contribution >= 4 is 23.3 Å². The van der Waals surface area contributed by atoms with E-state index in [2.05, 4.69) is 24.1 Å². The van der Waals surface area contributed by atoms with Gasteiger partial charge in [0.25, 0.3) is 5.91 Å². The van der Waals surface area contributed by atoms with E-state index in [-0.39, 0.29) is 5.91 Å². The van der Waals surface area contributed by atoms with Gasteiger partial charge >= 0.3 is 0 Å². The molecule has 0 spiro atoms. The third kappa shape index (κ3) is 3.60. The highest BCUT2D eigenvalue weighted by molar-refractivity contribution is 6.29. The zero-order chi connectivity index (χ0) is 13.8. The summed E-state index contributed by atoms with van der Waals surface area (Å²) in [4.78, 5) is 18.6. The molecule has 4 nitrogen and oxygen atoms in total. The lowest BCUT2D eigenvalue weighted by Crippen LogP contribution is -2.29. The van der Waals surface area contributed by atoms with Gasteiger partial charge in [0.05, 0.1) is 5.56 Å². The van der Waals surface area contributed by atoms with Crippen molar-refractivity contribution in [2.45, 2.75) is 26.7 Å². The molecule has 1 aliphatic heterocycles. The maximum Gasteiger partial charge on any atom is 0.257 e. The van der Waals surface area contributed by atoms with Crippen molar-refractivity contribution in [3.05, 3.63) is 22.8 Å². The van der Waals surface area contributed by atoms with E-state index < -0.39 is 0 Å². The molecular formula is C14H20ClN3O. The van der Waals surface area contributed by atoms with Crippen molar-refractivity contribution in [3.8, 4) is 0 Å². The molecule has 0 radical (unpaired) electrons. The number of halogens is 1. The first-order valence-electron chi connectivity index (χ1n) is 6.77. The topological polar surface area (TPSA) is 45.2 Å². The molecule has 1 N–H and O–H groups in total. The number of hydrogen-bond acceptors (Lipinski definition) is 3. The van der Waals surface area contributed by atoms with Crippen LogP contribution < -0.4 is 5.32 Å². The first kappa shape index (κ1) is 14.1. The van der Waals surface area contributed by atoms with Crippen LogP contribution in [0, 0.1) is 5.92 Å². The van der Waals surface area contributed by atoms with E-state index in [9.17, 15) is 4.79 Å². The van der Waals surface area contributed by atoms with Gasteiger partial charge in [-0.25, -0.2) is 4.98 Å². The molecule has 1 fully saturated rings. The molecule has 1 aromatic heterocycles. The predicted octanol–water partition coefficient (Wildman–Crippen LogP) is 3.04. The number of pyridine rings is 1. The predicted molar refractivity (Wildman–Crippen MR) is 77.7 cm³/mol. The summed E-state index contributed by atoms with van der Waals surface area (Å²) in [7, 11) is 0. The minimum absolute atomic E-state index is 0.0490. The summed E-state index contributed by atoms with van der Waals surface area (Å²) in [5.41, 5.74) is 0.618. The SMILES string of the molecule is CC(C)CNc1nc(Cl)ccc1C(=O)N1CCCC1. The summed E-state index contributed by atoms with van der Waals surface area (Å²) in [5.74, 6) is 1.13. The van der Waals surface area contributed by atoms with Gasteiger partial charge in [-0.3, -0.25) is 4.79 Å². The lowest BCUT2D eigenvalue weighted by molar-refractivity contribution is 0.0793. The molecule has 2 heterocycles. The molecule has 0 unspecified atom stereocenters. The molecule has 1 amide bonds. The number of nitrogens with zero attached hydrogens (tertiary/aromatic N) is 2. The Morgan fingerprint density at radius 2 is 2.11 bits per heavy atom. The normalized spacial score (nSPS) is 15.1. The molecule has 0 atom stereocenters. The molecule has 0 saturated carbocycles. The summed E-state index contributed by atoms with van der Waals surface area (Å²) >= 11 is 5.92. The van der Waals surface area contributed by atoms with Crippen LogP contribution in [-0.4, -0.2) is 35.4 Å². The summed E-state index contributed by atoms with van der Waals surface area (Å²) in [6, 6.07) is 3.43. The van der Waals surface area contributed by atoms with Crippen LogP contribution in [0.1, 0.15) is 37.0 Å². The second-order valence-corrected chi connectivity index (χ2v) is 5.69. The highest BCUT2D eigenvalue weighted by Crippen LogP contribution is 2.21. The second kappa shape index (κ2) is 6.24. The minimum Gasteiger partial charge on any atom is -0.369 e. The third-order valence-corrected chi connectivity index (χ3v) is 3.37. The van der Waals surface area contributed by atoms with E-state index in [1.54, 1.807) is 12.1 Å². The van der Waals surface area contributed by atoms with Crippen molar-refractivity contribution in [3.63, 3.8) is 0 Å². The molecule has 1 aromatic rings. The van der Waals surface area contributed by atoms with Crippen LogP contribution >= 0.6 is 11.6 Å². The van der Waals surface area contributed by atoms with Crippen LogP contribution in [0.25, 0.3) is 0 Å². The molecule has 1 aliphatic rings. The van der Waals surface area contributed by atoms with Crippen LogP contribution in [0.5, 0.6) is 0 Å². The third-order valence-electron chi connectivity index (χ3n) is 3.16. The van der Waals surface area contributed by atoms with E-state index in [1.165, 1.54) is 0 Å². The lowest BCUT2D eigenvalue weighted by atomic mass is 10.2. The fourth-order valence-electron chi connectivity index (χ4n) is 2.13. The van der Waals surface area contributed by atoms with Gasteiger partial charge in [-0.2, -0.15) is 0 Å². The number of amides is 1. The van der Waals surface area contributed by atoms with Gasteiger partial charge in [-0.15, -0.1) is 0 Å². The molecule has 19 heavy (non-hydrogen) atoms. The van der Waals surface area contributed by atoms with Crippen LogP contribution in [0.3, 0.4) is 0 Å². The number of carbonyl (C=O) groups is 1. The van der Waals surface area contributed by atoms with Crippen molar-refractivity contribution < 1.29 is 4.79 Å². The van der Waals surface area contributed by atoms with E-state index >= 15 is 0 Å². The highest BCUT2D eigenvalue weighted by Gasteiger charge is 2.22. The van der Waals surface area contributed by atoms with Crippen molar-refractivity contribution in [1.82, 2.24) is 9.88 Å². The first-order chi connectivity index (χ1) is 9.08. The van der Waals surface area contributed by atoms with E-state index in [4.69, 9.17) is 11.6 Å². The Hall–Kier alpha value is -1.29. The van der Waals surface area contributed by atoms with Crippen LogP contribution in [-0.2, 0) is 0 Å². The zero-order valence-corrected chi connectivity index (χ0v) is 12.2. The summed E-state index contributed by atoms with van der Waals surface area (Å²) in [5, 5.41) is 3.62. The fourth-order valence-corrected chi connectivity index (χ4v) is 2.28. The van der Waals surface area contributed by atoms with Gasteiger partial charge in [-0.05, 0) is 30.9 Å². The van der Waals surface area contributed by atoms with Gasteiger partial charge in [0.2, 0.25) is 0 Å². The molecule has 0 aromatic carbocycles. The zero-order valence-electron chi connectivity index (χ0n) is 11.4. The monoisotopic (exact) mass is 281 g/mol. The lowest BCUT2D eigenvalue weighted by Gasteiger charge is -2.18. The molecule has 1 saturated heterocycles. The molecule has 5 heteroatoms. The van der Waals surface area contributed by atoms with Crippen molar-refractivity contribution in [1.29, 1.82) is 0 Å². The largest absolute Gasteiger partial charge is 0.369 e. The average Bonchev–Trinajstić information content (AvgIpc) is 2.89. The Bertz CT molecular complexity index is 456. The maximum absolute atomic E-state index is 12.4. The number of rotatable bonds is 4. The Morgan fingerprint density at radius 1 is 1.42 bits per heavy atom. The quantitative estimate of drug-likeness (QED) is 0.863. The number of aromatic nitrogens is 1.